The molecule has 4 unspecified atom stereocenters. The quantitative estimate of drug-likeness (QED) is 0.0530. The summed E-state index contributed by atoms with van der Waals surface area (Å²) in [6.45, 7) is 43.8. The summed E-state index contributed by atoms with van der Waals surface area (Å²) in [7, 11) is 1.81. The van der Waals surface area contributed by atoms with Crippen LogP contribution in [0, 0.1) is 24.6 Å². The van der Waals surface area contributed by atoms with Crippen molar-refractivity contribution in [2.45, 2.75) is 251 Å². The highest BCUT2D eigenvalue weighted by molar-refractivity contribution is 6.30. The summed E-state index contributed by atoms with van der Waals surface area (Å²) < 4.78 is 18.3. The van der Waals surface area contributed by atoms with Gasteiger partial charge in [0.25, 0.3) is 0 Å². The molecule has 0 aromatic heterocycles. The summed E-state index contributed by atoms with van der Waals surface area (Å²) in [6, 6.07) is 34.6. The second kappa shape index (κ2) is 35.9. The summed E-state index contributed by atoms with van der Waals surface area (Å²) in [5.74, 6) is 1.20. The molecule has 4 fully saturated rings. The van der Waals surface area contributed by atoms with Crippen LogP contribution in [0.1, 0.15) is 215 Å². The van der Waals surface area contributed by atoms with E-state index in [0.717, 1.165) is 120 Å². The molecule has 8 rings (SSSR count). The molecule has 0 saturated carbocycles. The number of piperidine rings is 4. The topological polar surface area (TPSA) is 82.9 Å². The predicted octanol–water partition coefficient (Wildman–Crippen LogP) is 17.8. The van der Waals surface area contributed by atoms with Gasteiger partial charge in [0.15, 0.2) is 0 Å². The number of likely N-dealkylation sites (tertiary alicyclic amines) is 4. The summed E-state index contributed by atoms with van der Waals surface area (Å²) in [5, 5.41) is 30.5. The van der Waals surface area contributed by atoms with Gasteiger partial charge in [-0.3, -0.25) is 4.90 Å². The van der Waals surface area contributed by atoms with E-state index in [9.17, 15) is 19.7 Å². The molecule has 4 aromatic carbocycles. The molecule has 0 radical (unpaired) electrons. The Morgan fingerprint density at radius 2 is 0.910 bits per heavy atom. The Labute approximate surface area is 552 Å². The zero-order chi connectivity index (χ0) is 65.7. The van der Waals surface area contributed by atoms with Crippen molar-refractivity contribution in [2.24, 2.45) is 11.8 Å². The molecule has 11 heteroatoms. The number of allylic oxidation sites excluding steroid dienone is 1. The highest BCUT2D eigenvalue weighted by Gasteiger charge is 2.35. The third-order valence-corrected chi connectivity index (χ3v) is 21.1. The summed E-state index contributed by atoms with van der Waals surface area (Å²) >= 11 is 12.0. The Hall–Kier alpha value is -3.19. The van der Waals surface area contributed by atoms with Crippen LogP contribution in [0.25, 0.3) is 0 Å². The van der Waals surface area contributed by atoms with E-state index >= 15 is 0 Å². The maximum Gasteiger partial charge on any atom is 0.123 e. The van der Waals surface area contributed by atoms with E-state index in [2.05, 4.69) is 171 Å². The first-order chi connectivity index (χ1) is 41.8. The number of hydrogen-bond donors (Lipinski definition) is 3. The molecule has 0 aliphatic carbocycles. The van der Waals surface area contributed by atoms with Crippen LogP contribution in [0.2, 0.25) is 10.0 Å². The van der Waals surface area contributed by atoms with Crippen LogP contribution < -0.4 is 0 Å². The molecule has 500 valence electrons. The molecule has 4 atom stereocenters. The van der Waals surface area contributed by atoms with Gasteiger partial charge < -0.3 is 34.8 Å². The van der Waals surface area contributed by atoms with Crippen LogP contribution >= 0.6 is 23.2 Å². The Kier molecular flexibility index (Phi) is 30.9. The standard InChI is InChI=1S/C25H41NO.C18H28ClNO.C18H28FNO.C17H26ClNO/c1-20(2)18-24(19-25(4,5)23-11-9-21(3)10-12-23)26-15-13-22(14-16-26)8-7-17-27-6;1-14(20-11-9-18(4,21)10-12-20)13-17(2,3)15-5-7-16(19)8-6-15;1-14(20-10-8-15(13-21)9-11-20)12-18(2,3)16-4-6-17(19)7-5-16;1-13(19-10-8-16(20)9-11-19)12-17(2,3)14-4-6-15(18)7-5-14/h9-12,18,22,24H,7-8,13-17,19H2,1-6H3;5-8,14,21H,9-13H2,1-4H3;4-7,14-15,21H,8-13H2,1-3H3;4-7,13,16,20H,8-12H2,1-3H3. The van der Waals surface area contributed by atoms with Crippen LogP contribution in [0.15, 0.2) is 109 Å². The number of aliphatic hydroxyl groups excluding tert-OH is 2. The van der Waals surface area contributed by atoms with Gasteiger partial charge in [0.2, 0.25) is 0 Å². The van der Waals surface area contributed by atoms with Crippen LogP contribution in [0.4, 0.5) is 4.39 Å². The van der Waals surface area contributed by atoms with E-state index in [1.807, 2.05) is 50.4 Å². The van der Waals surface area contributed by atoms with Crippen molar-refractivity contribution in [2.75, 3.05) is 72.7 Å². The average molecular weight is 1270 g/mol. The van der Waals surface area contributed by atoms with Crippen molar-refractivity contribution in [1.82, 2.24) is 19.6 Å². The van der Waals surface area contributed by atoms with Gasteiger partial charge in [0.1, 0.15) is 5.82 Å². The molecule has 4 aliphatic rings. The number of ether oxygens (including phenoxy) is 1. The molecule has 4 aromatic rings. The van der Waals surface area contributed by atoms with E-state index in [0.29, 0.717) is 36.7 Å². The second-order valence-corrected chi connectivity index (χ2v) is 31.5. The molecule has 4 aliphatic heterocycles. The number of methoxy groups -OCH3 is 1. The molecule has 4 saturated heterocycles. The number of aryl methyl sites for hydroxylation is 1. The third kappa shape index (κ3) is 25.9. The first-order valence-corrected chi connectivity index (χ1v) is 35.0. The van der Waals surface area contributed by atoms with Gasteiger partial charge in [-0.25, -0.2) is 4.39 Å². The molecule has 8 nitrogen and oxygen atoms in total. The lowest BCUT2D eigenvalue weighted by Gasteiger charge is -2.41. The Balaban J connectivity index is 0.000000217. The van der Waals surface area contributed by atoms with Crippen LogP contribution in [0.3, 0.4) is 0 Å². The normalized spacial score (nSPS) is 19.5. The molecule has 0 amide bonds. The van der Waals surface area contributed by atoms with Crippen LogP contribution in [-0.2, 0) is 26.4 Å². The van der Waals surface area contributed by atoms with Gasteiger partial charge in [0.05, 0.1) is 11.7 Å². The zero-order valence-electron chi connectivity index (χ0n) is 58.5. The lowest BCUT2D eigenvalue weighted by Crippen LogP contribution is -2.47. The minimum absolute atomic E-state index is 0.0426. The van der Waals surface area contributed by atoms with E-state index in [1.165, 1.54) is 78.6 Å². The molecular weight excluding hydrogens is 1150 g/mol. The van der Waals surface area contributed by atoms with Crippen molar-refractivity contribution >= 4 is 23.2 Å². The fraction of sp³-hybridized carbons (Fsp3) is 0.667. The van der Waals surface area contributed by atoms with Crippen LogP contribution in [0.5, 0.6) is 0 Å². The number of aliphatic hydroxyl groups is 3. The van der Waals surface area contributed by atoms with Gasteiger partial charge in [-0.15, -0.1) is 0 Å². The van der Waals surface area contributed by atoms with Crippen molar-refractivity contribution in [3.63, 3.8) is 0 Å². The number of hydrogen-bond acceptors (Lipinski definition) is 8. The highest BCUT2D eigenvalue weighted by atomic mass is 35.5. The van der Waals surface area contributed by atoms with E-state index < -0.39 is 5.60 Å². The molecule has 3 N–H and O–H groups in total. The van der Waals surface area contributed by atoms with Crippen molar-refractivity contribution in [3.05, 3.63) is 152 Å². The number of nitrogens with zero attached hydrogens (tertiary/aromatic N) is 4. The first kappa shape index (κ1) is 76.5. The minimum Gasteiger partial charge on any atom is -0.396 e. The van der Waals surface area contributed by atoms with Crippen molar-refractivity contribution in [3.8, 4) is 0 Å². The lowest BCUT2D eigenvalue weighted by atomic mass is 9.77. The molecule has 4 heterocycles. The van der Waals surface area contributed by atoms with Crippen LogP contribution in [-0.4, -0.2) is 143 Å². The predicted molar refractivity (Wildman–Crippen MR) is 378 cm³/mol. The number of rotatable bonds is 22. The molecule has 0 bridgehead atoms. The van der Waals surface area contributed by atoms with Gasteiger partial charge in [-0.2, -0.15) is 0 Å². The van der Waals surface area contributed by atoms with E-state index in [-0.39, 0.29) is 33.6 Å². The van der Waals surface area contributed by atoms with Crippen molar-refractivity contribution in [1.29, 1.82) is 0 Å². The second-order valence-electron chi connectivity index (χ2n) is 30.7. The van der Waals surface area contributed by atoms with Crippen molar-refractivity contribution < 1.29 is 24.4 Å². The monoisotopic (exact) mass is 1270 g/mol. The largest absolute Gasteiger partial charge is 0.396 e. The maximum atomic E-state index is 13.1. The average Bonchev–Trinajstić information content (AvgIpc) is 2.10. The van der Waals surface area contributed by atoms with E-state index in [4.69, 9.17) is 27.9 Å². The number of benzene rings is 4. The Morgan fingerprint density at radius 1 is 0.562 bits per heavy atom. The maximum absolute atomic E-state index is 13.1. The van der Waals surface area contributed by atoms with Gasteiger partial charge in [-0.05, 0) is 257 Å². The van der Waals surface area contributed by atoms with Gasteiger partial charge in [-0.1, -0.05) is 156 Å². The minimum atomic E-state index is -0.470. The van der Waals surface area contributed by atoms with Gasteiger partial charge in [0, 0.05) is 80.7 Å². The van der Waals surface area contributed by atoms with Gasteiger partial charge >= 0.3 is 0 Å². The zero-order valence-corrected chi connectivity index (χ0v) is 60.0. The fourth-order valence-electron chi connectivity index (χ4n) is 14.4. The summed E-state index contributed by atoms with van der Waals surface area (Å²) in [6.07, 6.45) is 17.8. The molecular formula is C78H123Cl2FN4O4. The third-order valence-electron chi connectivity index (χ3n) is 20.6. The Morgan fingerprint density at radius 3 is 1.30 bits per heavy atom. The molecule has 0 spiro atoms. The SMILES string of the molecule is CC(CC(C)(C)c1ccc(Cl)cc1)N1CCC(C)(O)CC1.CC(CC(C)(C)c1ccc(Cl)cc1)N1CCC(O)CC1.CC(CC(C)(C)c1ccc(F)cc1)N1CCC(CO)CC1.COCCCC1CCN(C(C=C(C)C)CC(C)(C)c2ccc(C)cc2)CC1. The molecule has 89 heavy (non-hydrogen) atoms. The lowest BCUT2D eigenvalue weighted by molar-refractivity contribution is -0.0172. The number of halogens is 3. The fourth-order valence-corrected chi connectivity index (χ4v) is 14.7. The van der Waals surface area contributed by atoms with E-state index in [1.54, 1.807) is 12.1 Å². The Bertz CT molecular complexity index is 2620. The summed E-state index contributed by atoms with van der Waals surface area (Å²) in [5.41, 5.74) is 8.11. The smallest absolute Gasteiger partial charge is 0.123 e. The summed E-state index contributed by atoms with van der Waals surface area (Å²) in [4.78, 5) is 10.3. The first-order valence-electron chi connectivity index (χ1n) is 34.3. The highest BCUT2D eigenvalue weighted by Crippen LogP contribution is 2.37.